The third-order valence-electron chi connectivity index (χ3n) is 3.95. The normalized spacial score (nSPS) is 23.9. The summed E-state index contributed by atoms with van der Waals surface area (Å²) in [6, 6.07) is 0.561. The molecule has 4 heteroatoms. The molecule has 0 aromatic rings. The second kappa shape index (κ2) is 7.85. The van der Waals surface area contributed by atoms with Crippen molar-refractivity contribution in [1.29, 1.82) is 0 Å². The Hall–Kier alpha value is -0.610. The van der Waals surface area contributed by atoms with Crippen LogP contribution in [0.15, 0.2) is 0 Å². The van der Waals surface area contributed by atoms with E-state index in [0.717, 1.165) is 26.1 Å². The summed E-state index contributed by atoms with van der Waals surface area (Å²) in [4.78, 5) is 14.7. The fourth-order valence-electron chi connectivity index (χ4n) is 2.68. The van der Waals surface area contributed by atoms with Crippen LogP contribution in [0.1, 0.15) is 53.4 Å². The van der Waals surface area contributed by atoms with E-state index < -0.39 is 5.54 Å². The third kappa shape index (κ3) is 4.77. The van der Waals surface area contributed by atoms with Crippen LogP contribution in [0.5, 0.6) is 0 Å². The Morgan fingerprint density at radius 1 is 1.42 bits per heavy atom. The second-order valence-electron chi connectivity index (χ2n) is 5.79. The van der Waals surface area contributed by atoms with Gasteiger partial charge in [0.1, 0.15) is 5.54 Å². The number of nitrogens with one attached hydrogen (secondary N) is 1. The van der Waals surface area contributed by atoms with E-state index in [9.17, 15) is 4.79 Å². The van der Waals surface area contributed by atoms with Gasteiger partial charge in [0, 0.05) is 12.6 Å². The quantitative estimate of drug-likeness (QED) is 0.720. The molecule has 0 aromatic carbocycles. The molecule has 4 nitrogen and oxygen atoms in total. The molecule has 0 aliphatic carbocycles. The van der Waals surface area contributed by atoms with Crippen LogP contribution in [0.3, 0.4) is 0 Å². The lowest BCUT2D eigenvalue weighted by atomic mass is 9.96. The largest absolute Gasteiger partial charge is 0.465 e. The number of esters is 1. The second-order valence-corrected chi connectivity index (χ2v) is 5.79. The van der Waals surface area contributed by atoms with Gasteiger partial charge in [0.05, 0.1) is 6.61 Å². The maximum atomic E-state index is 12.2. The number of hydrogen-bond donors (Lipinski definition) is 1. The van der Waals surface area contributed by atoms with Gasteiger partial charge < -0.3 is 10.1 Å². The van der Waals surface area contributed by atoms with E-state index in [4.69, 9.17) is 4.74 Å². The standard InChI is InChI=1S/C15H30N2O2/c1-5-10-16-15(4,14(18)19-6-2)12-17-11-8-7-9-13(17)3/h13,16H,5-12H2,1-4H3. The summed E-state index contributed by atoms with van der Waals surface area (Å²) in [5.74, 6) is -0.124. The number of nitrogens with zero attached hydrogens (tertiary/aromatic N) is 1. The summed E-state index contributed by atoms with van der Waals surface area (Å²) in [6.45, 7) is 11.3. The van der Waals surface area contributed by atoms with Gasteiger partial charge in [-0.05, 0) is 53.1 Å². The van der Waals surface area contributed by atoms with Crippen molar-refractivity contribution in [3.05, 3.63) is 0 Å². The molecule has 1 aliphatic heterocycles. The molecule has 1 N–H and O–H groups in total. The summed E-state index contributed by atoms with van der Waals surface area (Å²) in [6.07, 6.45) is 4.78. The van der Waals surface area contributed by atoms with Crippen LogP contribution in [0.25, 0.3) is 0 Å². The average molecular weight is 270 g/mol. The summed E-state index contributed by atoms with van der Waals surface area (Å²) in [7, 11) is 0. The van der Waals surface area contributed by atoms with Crippen molar-refractivity contribution in [1.82, 2.24) is 10.2 Å². The van der Waals surface area contributed by atoms with E-state index in [-0.39, 0.29) is 5.97 Å². The summed E-state index contributed by atoms with van der Waals surface area (Å²) in [5.41, 5.74) is -0.586. The lowest BCUT2D eigenvalue weighted by Gasteiger charge is -2.39. The van der Waals surface area contributed by atoms with Crippen molar-refractivity contribution in [3.63, 3.8) is 0 Å². The molecule has 2 unspecified atom stereocenters. The number of rotatable bonds is 7. The van der Waals surface area contributed by atoms with Gasteiger partial charge >= 0.3 is 5.97 Å². The van der Waals surface area contributed by atoms with E-state index in [2.05, 4.69) is 24.1 Å². The zero-order valence-electron chi connectivity index (χ0n) is 13.0. The molecule has 2 atom stereocenters. The highest BCUT2D eigenvalue weighted by molar-refractivity contribution is 5.80. The molecule has 112 valence electrons. The SMILES string of the molecule is CCCNC(C)(CN1CCCCC1C)C(=O)OCC. The number of hydrogen-bond acceptors (Lipinski definition) is 4. The highest BCUT2D eigenvalue weighted by Gasteiger charge is 2.37. The van der Waals surface area contributed by atoms with Crippen LogP contribution in [0, 0.1) is 0 Å². The van der Waals surface area contributed by atoms with E-state index >= 15 is 0 Å². The van der Waals surface area contributed by atoms with Crippen molar-refractivity contribution < 1.29 is 9.53 Å². The van der Waals surface area contributed by atoms with Gasteiger partial charge in [-0.15, -0.1) is 0 Å². The molecule has 0 bridgehead atoms. The van der Waals surface area contributed by atoms with E-state index in [1.807, 2.05) is 13.8 Å². The van der Waals surface area contributed by atoms with Gasteiger partial charge in [-0.1, -0.05) is 13.3 Å². The Morgan fingerprint density at radius 2 is 2.16 bits per heavy atom. The number of ether oxygens (including phenoxy) is 1. The van der Waals surface area contributed by atoms with Crippen molar-refractivity contribution in [3.8, 4) is 0 Å². The van der Waals surface area contributed by atoms with E-state index in [1.165, 1.54) is 19.3 Å². The fraction of sp³-hybridized carbons (Fsp3) is 0.933. The first-order valence-electron chi connectivity index (χ1n) is 7.69. The number of carbonyl (C=O) groups is 1. The highest BCUT2D eigenvalue weighted by Crippen LogP contribution is 2.20. The van der Waals surface area contributed by atoms with Crippen molar-refractivity contribution in [2.24, 2.45) is 0 Å². The summed E-state index contributed by atoms with van der Waals surface area (Å²) < 4.78 is 5.25. The Kier molecular flexibility index (Phi) is 6.80. The molecule has 0 radical (unpaired) electrons. The van der Waals surface area contributed by atoms with Crippen LogP contribution < -0.4 is 5.32 Å². The lowest BCUT2D eigenvalue weighted by Crippen LogP contribution is -2.59. The summed E-state index contributed by atoms with van der Waals surface area (Å²) in [5, 5.41) is 3.38. The predicted octanol–water partition coefficient (Wildman–Crippen LogP) is 2.18. The molecule has 0 aromatic heterocycles. The molecular formula is C15H30N2O2. The predicted molar refractivity (Wildman–Crippen MR) is 78.2 cm³/mol. The minimum atomic E-state index is -0.586. The Bertz CT molecular complexity index is 283. The highest BCUT2D eigenvalue weighted by atomic mass is 16.5. The van der Waals surface area contributed by atoms with Gasteiger partial charge in [0.15, 0.2) is 0 Å². The van der Waals surface area contributed by atoms with Crippen LogP contribution >= 0.6 is 0 Å². The number of likely N-dealkylation sites (tertiary alicyclic amines) is 1. The molecule has 0 saturated carbocycles. The van der Waals surface area contributed by atoms with Gasteiger partial charge in [0.2, 0.25) is 0 Å². The van der Waals surface area contributed by atoms with Crippen LogP contribution in [0.2, 0.25) is 0 Å². The molecule has 0 amide bonds. The fourth-order valence-corrected chi connectivity index (χ4v) is 2.68. The molecular weight excluding hydrogens is 240 g/mol. The third-order valence-corrected chi connectivity index (χ3v) is 3.95. The Morgan fingerprint density at radius 3 is 2.74 bits per heavy atom. The first kappa shape index (κ1) is 16.4. The lowest BCUT2D eigenvalue weighted by molar-refractivity contribution is -0.151. The Balaban J connectivity index is 2.69. The molecule has 0 spiro atoms. The number of carbonyl (C=O) groups excluding carboxylic acids is 1. The smallest absolute Gasteiger partial charge is 0.327 e. The van der Waals surface area contributed by atoms with Gasteiger partial charge in [-0.25, -0.2) is 0 Å². The average Bonchev–Trinajstić information content (AvgIpc) is 2.39. The van der Waals surface area contributed by atoms with E-state index in [1.54, 1.807) is 0 Å². The molecule has 19 heavy (non-hydrogen) atoms. The zero-order valence-corrected chi connectivity index (χ0v) is 13.0. The molecule has 1 rings (SSSR count). The molecule has 1 fully saturated rings. The molecule has 1 heterocycles. The minimum absolute atomic E-state index is 0.124. The van der Waals surface area contributed by atoms with E-state index in [0.29, 0.717) is 12.6 Å². The van der Waals surface area contributed by atoms with Crippen LogP contribution in [0.4, 0.5) is 0 Å². The summed E-state index contributed by atoms with van der Waals surface area (Å²) >= 11 is 0. The van der Waals surface area contributed by atoms with Crippen molar-refractivity contribution >= 4 is 5.97 Å². The number of piperidine rings is 1. The first-order valence-corrected chi connectivity index (χ1v) is 7.69. The molecule has 1 aliphatic rings. The Labute approximate surface area is 117 Å². The van der Waals surface area contributed by atoms with Crippen molar-refractivity contribution in [2.75, 3.05) is 26.2 Å². The van der Waals surface area contributed by atoms with Gasteiger partial charge in [0.25, 0.3) is 0 Å². The maximum absolute atomic E-state index is 12.2. The zero-order chi connectivity index (χ0) is 14.3. The molecule has 1 saturated heterocycles. The monoisotopic (exact) mass is 270 g/mol. The maximum Gasteiger partial charge on any atom is 0.327 e. The van der Waals surface area contributed by atoms with Crippen LogP contribution in [-0.4, -0.2) is 48.7 Å². The topological polar surface area (TPSA) is 41.6 Å². The van der Waals surface area contributed by atoms with Gasteiger partial charge in [-0.2, -0.15) is 0 Å². The first-order chi connectivity index (χ1) is 9.03. The minimum Gasteiger partial charge on any atom is -0.465 e. The van der Waals surface area contributed by atoms with Gasteiger partial charge in [-0.3, -0.25) is 9.69 Å². The van der Waals surface area contributed by atoms with Crippen LogP contribution in [-0.2, 0) is 9.53 Å². The van der Waals surface area contributed by atoms with Crippen molar-refractivity contribution in [2.45, 2.75) is 65.0 Å².